The fourth-order valence-electron chi connectivity index (χ4n) is 13.0. The molecule has 0 saturated carbocycles. The van der Waals surface area contributed by atoms with Crippen LogP contribution in [0.4, 0.5) is 0 Å². The topological polar surface area (TPSA) is 13.1 Å². The van der Waals surface area contributed by atoms with E-state index in [1.54, 1.807) is 0 Å². The Balaban J connectivity index is 0.838. The van der Waals surface area contributed by atoms with Gasteiger partial charge in [-0.15, -0.1) is 0 Å². The Morgan fingerprint density at radius 1 is 0.182 bits per heavy atom. The van der Waals surface area contributed by atoms with Gasteiger partial charge in [0.25, 0.3) is 0 Å². The molecule has 0 N–H and O–H groups in total. The highest BCUT2D eigenvalue weighted by Gasteiger charge is 2.22. The number of furan rings is 1. The van der Waals surface area contributed by atoms with Crippen LogP contribution in [0.1, 0.15) is 0 Å². The number of benzene rings is 15. The summed E-state index contributed by atoms with van der Waals surface area (Å²) in [5.41, 5.74) is 16.3. The van der Waals surface area contributed by atoms with E-state index < -0.39 is 0 Å². The zero-order valence-corrected chi connectivity index (χ0v) is 42.0. The zero-order chi connectivity index (χ0) is 50.6. The Morgan fingerprint density at radius 2 is 0.571 bits per heavy atom. The van der Waals surface area contributed by atoms with E-state index in [2.05, 4.69) is 273 Å². The quantitative estimate of drug-likeness (QED) is 0.151. The molecule has 0 saturated heterocycles. The van der Waals surface area contributed by atoms with Gasteiger partial charge in [-0.25, -0.2) is 0 Å². The molecule has 0 bridgehead atoms. The number of hydrogen-bond donors (Lipinski definition) is 0. The van der Waals surface area contributed by atoms with Gasteiger partial charge in [-0.2, -0.15) is 0 Å². The average molecular weight is 975 g/mol. The van der Waals surface area contributed by atoms with E-state index in [1.165, 1.54) is 137 Å². The minimum Gasteiger partial charge on any atom is -0.455 e. The molecule has 0 atom stereocenters. The lowest BCUT2D eigenvalue weighted by molar-refractivity contribution is 0.670. The fourth-order valence-corrected chi connectivity index (χ4v) is 13.0. The van der Waals surface area contributed by atoms with Crippen LogP contribution in [0.5, 0.6) is 0 Å². The van der Waals surface area contributed by atoms with Crippen molar-refractivity contribution in [2.45, 2.75) is 0 Å². The standard InChI is InChI=1S/C76H46O/c1-2-18-50-43-55(42-37-47(50)17-1)73-60-26-5-3-24-58(60)72(59-25-4-6-27-61(59)73)54-22-13-21-53(44-54)56-32-14-19-48-38-40-51(45-69(48)56)52-41-39-49-20-15-33-66(70(49)46-52)74-62-28-7-9-30-64(62)75(65-31-10-8-29-63(65)74)68-35-16-34-67-57-23-11-12-36-71(57)77-76(67)68/h1-46H. The first-order chi connectivity index (χ1) is 38.2. The lowest BCUT2D eigenvalue weighted by atomic mass is 9.84. The summed E-state index contributed by atoms with van der Waals surface area (Å²) in [4.78, 5) is 0. The molecule has 1 heterocycles. The summed E-state index contributed by atoms with van der Waals surface area (Å²) >= 11 is 0. The Bertz CT molecular complexity index is 5000. The van der Waals surface area contributed by atoms with Crippen LogP contribution in [0, 0.1) is 0 Å². The molecule has 16 aromatic rings. The maximum Gasteiger partial charge on any atom is 0.143 e. The van der Waals surface area contributed by atoms with Crippen LogP contribution in [0.25, 0.3) is 164 Å². The fraction of sp³-hybridized carbons (Fsp3) is 0. The molecule has 0 unspecified atom stereocenters. The maximum absolute atomic E-state index is 6.70. The number of fused-ring (bicyclic) bond motifs is 10. The number of hydrogen-bond acceptors (Lipinski definition) is 1. The van der Waals surface area contributed by atoms with Crippen LogP contribution in [-0.2, 0) is 0 Å². The van der Waals surface area contributed by atoms with Crippen molar-refractivity contribution in [3.8, 4) is 66.8 Å². The molecule has 0 amide bonds. The zero-order valence-electron chi connectivity index (χ0n) is 42.0. The molecule has 1 nitrogen and oxygen atoms in total. The highest BCUT2D eigenvalue weighted by Crippen LogP contribution is 2.49. The van der Waals surface area contributed by atoms with Gasteiger partial charge in [-0.3, -0.25) is 0 Å². The third kappa shape index (κ3) is 6.81. The molecule has 16 rings (SSSR count). The molecule has 0 radical (unpaired) electrons. The third-order valence-corrected chi connectivity index (χ3v) is 16.4. The van der Waals surface area contributed by atoms with E-state index in [4.69, 9.17) is 4.42 Å². The minimum absolute atomic E-state index is 0.904. The SMILES string of the molecule is c1cc(-c2cccc3ccc(-c4ccc5cccc(-c6c7ccccc7c(-c7cccc8c7oc7ccccc78)c7ccccc67)c5c4)cc23)cc(-c2c3ccccc3c(-c3ccc4ccccc4c3)c3ccccc23)c1. The molecular weight excluding hydrogens is 929 g/mol. The van der Waals surface area contributed by atoms with Crippen LogP contribution in [0.15, 0.2) is 283 Å². The van der Waals surface area contributed by atoms with Crippen LogP contribution in [0.2, 0.25) is 0 Å². The van der Waals surface area contributed by atoms with Gasteiger partial charge in [0.2, 0.25) is 0 Å². The third-order valence-electron chi connectivity index (χ3n) is 16.4. The van der Waals surface area contributed by atoms with Crippen molar-refractivity contribution in [2.24, 2.45) is 0 Å². The van der Waals surface area contributed by atoms with Gasteiger partial charge >= 0.3 is 0 Å². The molecule has 0 fully saturated rings. The van der Waals surface area contributed by atoms with E-state index in [-0.39, 0.29) is 0 Å². The maximum atomic E-state index is 6.70. The van der Waals surface area contributed by atoms with Crippen molar-refractivity contribution < 1.29 is 4.42 Å². The predicted octanol–water partition coefficient (Wildman–Crippen LogP) is 21.7. The smallest absolute Gasteiger partial charge is 0.143 e. The van der Waals surface area contributed by atoms with Gasteiger partial charge in [-0.1, -0.05) is 249 Å². The monoisotopic (exact) mass is 974 g/mol. The van der Waals surface area contributed by atoms with E-state index in [0.29, 0.717) is 0 Å². The normalized spacial score (nSPS) is 11.9. The summed E-state index contributed by atoms with van der Waals surface area (Å²) in [6.45, 7) is 0. The second-order valence-corrected chi connectivity index (χ2v) is 20.6. The first-order valence-corrected chi connectivity index (χ1v) is 26.6. The highest BCUT2D eigenvalue weighted by atomic mass is 16.3. The molecule has 0 aliphatic rings. The van der Waals surface area contributed by atoms with Crippen molar-refractivity contribution in [1.82, 2.24) is 0 Å². The molecular formula is C76H46O. The van der Waals surface area contributed by atoms with E-state index >= 15 is 0 Å². The summed E-state index contributed by atoms with van der Waals surface area (Å²) in [6, 6.07) is 103. The molecule has 0 aliphatic carbocycles. The van der Waals surface area contributed by atoms with Crippen LogP contribution in [-0.4, -0.2) is 0 Å². The summed E-state index contributed by atoms with van der Waals surface area (Å²) in [7, 11) is 0. The van der Waals surface area contributed by atoms with Gasteiger partial charge < -0.3 is 4.42 Å². The number of rotatable bonds is 6. The second-order valence-electron chi connectivity index (χ2n) is 20.6. The van der Waals surface area contributed by atoms with Gasteiger partial charge in [0.05, 0.1) is 0 Å². The molecule has 1 aromatic heterocycles. The van der Waals surface area contributed by atoms with Crippen LogP contribution < -0.4 is 0 Å². The lowest BCUT2D eigenvalue weighted by Crippen LogP contribution is -1.92. The lowest BCUT2D eigenvalue weighted by Gasteiger charge is -2.19. The van der Waals surface area contributed by atoms with Crippen molar-refractivity contribution in [3.05, 3.63) is 279 Å². The van der Waals surface area contributed by atoms with Gasteiger partial charge in [0.1, 0.15) is 11.2 Å². The van der Waals surface area contributed by atoms with E-state index in [1.807, 2.05) is 6.07 Å². The summed E-state index contributed by atoms with van der Waals surface area (Å²) in [5.74, 6) is 0. The van der Waals surface area contributed by atoms with E-state index in [0.717, 1.165) is 27.5 Å². The average Bonchev–Trinajstić information content (AvgIpc) is 4.02. The van der Waals surface area contributed by atoms with E-state index in [9.17, 15) is 0 Å². The summed E-state index contributed by atoms with van der Waals surface area (Å²) in [6.07, 6.45) is 0. The largest absolute Gasteiger partial charge is 0.455 e. The molecule has 356 valence electrons. The van der Waals surface area contributed by atoms with Gasteiger partial charge in [-0.05, 0) is 161 Å². The minimum atomic E-state index is 0.904. The summed E-state index contributed by atoms with van der Waals surface area (Å²) < 4.78 is 6.70. The van der Waals surface area contributed by atoms with Crippen molar-refractivity contribution in [1.29, 1.82) is 0 Å². The van der Waals surface area contributed by atoms with Crippen molar-refractivity contribution in [2.75, 3.05) is 0 Å². The number of para-hydroxylation sites is 2. The second kappa shape index (κ2) is 17.2. The Labute approximate surface area is 445 Å². The van der Waals surface area contributed by atoms with Crippen molar-refractivity contribution >= 4 is 97.3 Å². The molecule has 77 heavy (non-hydrogen) atoms. The molecule has 1 heteroatoms. The Kier molecular flexibility index (Phi) is 9.71. The Hall–Kier alpha value is -10.1. The van der Waals surface area contributed by atoms with Crippen LogP contribution in [0.3, 0.4) is 0 Å². The molecule has 15 aromatic carbocycles. The summed E-state index contributed by atoms with van der Waals surface area (Å²) in [5, 5.41) is 19.5. The first-order valence-electron chi connectivity index (χ1n) is 26.6. The molecule has 0 aliphatic heterocycles. The predicted molar refractivity (Wildman–Crippen MR) is 329 cm³/mol. The first kappa shape index (κ1) is 43.3. The van der Waals surface area contributed by atoms with Gasteiger partial charge in [0.15, 0.2) is 0 Å². The highest BCUT2D eigenvalue weighted by molar-refractivity contribution is 6.26. The van der Waals surface area contributed by atoms with Gasteiger partial charge in [0, 0.05) is 21.9 Å². The van der Waals surface area contributed by atoms with Crippen LogP contribution >= 0.6 is 0 Å². The Morgan fingerprint density at radius 3 is 1.18 bits per heavy atom. The molecule has 0 spiro atoms. The van der Waals surface area contributed by atoms with Crippen molar-refractivity contribution in [3.63, 3.8) is 0 Å².